The SMILES string of the molecule is Clc1ccc(CNCC2CCCNC2)cn1. The summed E-state index contributed by atoms with van der Waals surface area (Å²) in [5, 5.41) is 7.44. The highest BCUT2D eigenvalue weighted by molar-refractivity contribution is 6.29. The number of aromatic nitrogens is 1. The molecule has 88 valence electrons. The van der Waals surface area contributed by atoms with Gasteiger partial charge in [0.25, 0.3) is 0 Å². The van der Waals surface area contributed by atoms with Gasteiger partial charge in [-0.05, 0) is 50.0 Å². The molecule has 16 heavy (non-hydrogen) atoms. The normalized spacial score (nSPS) is 20.9. The van der Waals surface area contributed by atoms with E-state index in [1.54, 1.807) is 0 Å². The lowest BCUT2D eigenvalue weighted by Gasteiger charge is -2.22. The lowest BCUT2D eigenvalue weighted by atomic mass is 10.00. The number of piperidine rings is 1. The van der Waals surface area contributed by atoms with Gasteiger partial charge in [-0.15, -0.1) is 0 Å². The molecule has 0 aliphatic carbocycles. The average Bonchev–Trinajstić information content (AvgIpc) is 2.33. The molecule has 1 unspecified atom stereocenters. The fourth-order valence-corrected chi connectivity index (χ4v) is 2.14. The summed E-state index contributed by atoms with van der Waals surface area (Å²) in [6.45, 7) is 4.28. The maximum atomic E-state index is 5.73. The second kappa shape index (κ2) is 6.18. The Kier molecular flexibility index (Phi) is 4.57. The number of halogens is 1. The fraction of sp³-hybridized carbons (Fsp3) is 0.583. The van der Waals surface area contributed by atoms with E-state index in [-0.39, 0.29) is 0 Å². The molecule has 2 rings (SSSR count). The zero-order valence-electron chi connectivity index (χ0n) is 9.38. The van der Waals surface area contributed by atoms with Crippen LogP contribution in [0.15, 0.2) is 18.3 Å². The average molecular weight is 240 g/mol. The van der Waals surface area contributed by atoms with Gasteiger partial charge in [0.05, 0.1) is 0 Å². The molecule has 0 amide bonds. The number of pyridine rings is 1. The van der Waals surface area contributed by atoms with Gasteiger partial charge in [-0.3, -0.25) is 0 Å². The zero-order valence-corrected chi connectivity index (χ0v) is 10.1. The first-order valence-electron chi connectivity index (χ1n) is 5.86. The molecule has 0 spiro atoms. The summed E-state index contributed by atoms with van der Waals surface area (Å²) in [5.74, 6) is 0.772. The standard InChI is InChI=1S/C12H18ClN3/c13-12-4-3-11(9-16-12)8-15-7-10-2-1-5-14-6-10/h3-4,9-10,14-15H,1-2,5-8H2. The van der Waals surface area contributed by atoms with E-state index in [1.807, 2.05) is 18.3 Å². The molecule has 0 saturated carbocycles. The molecule has 1 aliphatic heterocycles. The van der Waals surface area contributed by atoms with Gasteiger partial charge in [0.2, 0.25) is 0 Å². The largest absolute Gasteiger partial charge is 0.316 e. The van der Waals surface area contributed by atoms with Gasteiger partial charge >= 0.3 is 0 Å². The van der Waals surface area contributed by atoms with Crippen molar-refractivity contribution in [3.05, 3.63) is 29.0 Å². The van der Waals surface area contributed by atoms with E-state index in [0.29, 0.717) is 5.15 Å². The van der Waals surface area contributed by atoms with Crippen LogP contribution in [-0.4, -0.2) is 24.6 Å². The van der Waals surface area contributed by atoms with Crippen molar-refractivity contribution in [1.29, 1.82) is 0 Å². The maximum absolute atomic E-state index is 5.73. The van der Waals surface area contributed by atoms with E-state index in [1.165, 1.54) is 24.9 Å². The van der Waals surface area contributed by atoms with Crippen molar-refractivity contribution < 1.29 is 0 Å². The highest BCUT2D eigenvalue weighted by atomic mass is 35.5. The summed E-state index contributed by atoms with van der Waals surface area (Å²) in [7, 11) is 0. The van der Waals surface area contributed by atoms with Crippen LogP contribution >= 0.6 is 11.6 Å². The van der Waals surface area contributed by atoms with Crippen molar-refractivity contribution in [2.75, 3.05) is 19.6 Å². The van der Waals surface area contributed by atoms with Crippen molar-refractivity contribution in [1.82, 2.24) is 15.6 Å². The van der Waals surface area contributed by atoms with Crippen LogP contribution in [-0.2, 0) is 6.54 Å². The van der Waals surface area contributed by atoms with Crippen molar-refractivity contribution in [3.8, 4) is 0 Å². The summed E-state index contributed by atoms with van der Waals surface area (Å²) >= 11 is 5.73. The predicted octanol–water partition coefficient (Wildman–Crippen LogP) is 1.82. The van der Waals surface area contributed by atoms with E-state index in [0.717, 1.165) is 25.6 Å². The smallest absolute Gasteiger partial charge is 0.129 e. The Morgan fingerprint density at radius 3 is 3.12 bits per heavy atom. The van der Waals surface area contributed by atoms with Crippen molar-refractivity contribution in [2.24, 2.45) is 5.92 Å². The predicted molar refractivity (Wildman–Crippen MR) is 66.5 cm³/mol. The lowest BCUT2D eigenvalue weighted by molar-refractivity contribution is 0.360. The van der Waals surface area contributed by atoms with Gasteiger partial charge in [-0.1, -0.05) is 17.7 Å². The quantitative estimate of drug-likeness (QED) is 0.788. The second-order valence-corrected chi connectivity index (χ2v) is 4.72. The Labute approximate surface area is 102 Å². The van der Waals surface area contributed by atoms with Crippen LogP contribution in [0.25, 0.3) is 0 Å². The number of hydrogen-bond acceptors (Lipinski definition) is 3. The van der Waals surface area contributed by atoms with Gasteiger partial charge < -0.3 is 10.6 Å². The molecule has 3 nitrogen and oxygen atoms in total. The Hall–Kier alpha value is -0.640. The number of nitrogens with one attached hydrogen (secondary N) is 2. The van der Waals surface area contributed by atoms with Gasteiger partial charge in [-0.25, -0.2) is 4.98 Å². The van der Waals surface area contributed by atoms with E-state index in [9.17, 15) is 0 Å². The highest BCUT2D eigenvalue weighted by Crippen LogP contribution is 2.09. The minimum absolute atomic E-state index is 0.556. The molecule has 0 bridgehead atoms. The van der Waals surface area contributed by atoms with E-state index < -0.39 is 0 Å². The number of rotatable bonds is 4. The van der Waals surface area contributed by atoms with Crippen LogP contribution in [0.2, 0.25) is 5.15 Å². The first-order chi connectivity index (χ1) is 7.84. The molecule has 4 heteroatoms. The zero-order chi connectivity index (χ0) is 11.2. The van der Waals surface area contributed by atoms with Crippen LogP contribution in [0.3, 0.4) is 0 Å². The van der Waals surface area contributed by atoms with E-state index in [4.69, 9.17) is 11.6 Å². The van der Waals surface area contributed by atoms with Crippen LogP contribution < -0.4 is 10.6 Å². The molecule has 0 radical (unpaired) electrons. The third kappa shape index (κ3) is 3.74. The number of nitrogens with zero attached hydrogens (tertiary/aromatic N) is 1. The van der Waals surface area contributed by atoms with Crippen LogP contribution in [0.4, 0.5) is 0 Å². The maximum Gasteiger partial charge on any atom is 0.129 e. The summed E-state index contributed by atoms with van der Waals surface area (Å²) in [4.78, 5) is 4.06. The van der Waals surface area contributed by atoms with Crippen molar-refractivity contribution in [3.63, 3.8) is 0 Å². The monoisotopic (exact) mass is 239 g/mol. The minimum atomic E-state index is 0.556. The van der Waals surface area contributed by atoms with Crippen molar-refractivity contribution in [2.45, 2.75) is 19.4 Å². The molecule has 0 aromatic carbocycles. The Morgan fingerprint density at radius 1 is 1.50 bits per heavy atom. The summed E-state index contributed by atoms with van der Waals surface area (Å²) in [6.07, 6.45) is 4.46. The Balaban J connectivity index is 1.69. The molecule has 1 aliphatic rings. The fourth-order valence-electron chi connectivity index (χ4n) is 2.03. The third-order valence-electron chi connectivity index (χ3n) is 2.95. The topological polar surface area (TPSA) is 37.0 Å². The lowest BCUT2D eigenvalue weighted by Crippen LogP contribution is -2.35. The molecule has 1 aromatic rings. The number of hydrogen-bond donors (Lipinski definition) is 2. The van der Waals surface area contributed by atoms with Gasteiger partial charge in [0.15, 0.2) is 0 Å². The van der Waals surface area contributed by atoms with Crippen LogP contribution in [0.1, 0.15) is 18.4 Å². The molecule has 1 fully saturated rings. The summed E-state index contributed by atoms with van der Waals surface area (Å²) in [5.41, 5.74) is 1.19. The van der Waals surface area contributed by atoms with E-state index >= 15 is 0 Å². The molecule has 1 aromatic heterocycles. The van der Waals surface area contributed by atoms with Crippen molar-refractivity contribution >= 4 is 11.6 Å². The molecule has 1 saturated heterocycles. The van der Waals surface area contributed by atoms with Gasteiger partial charge in [-0.2, -0.15) is 0 Å². The van der Waals surface area contributed by atoms with Crippen LogP contribution in [0, 0.1) is 5.92 Å². The van der Waals surface area contributed by atoms with Gasteiger partial charge in [0, 0.05) is 12.7 Å². The van der Waals surface area contributed by atoms with Crippen LogP contribution in [0.5, 0.6) is 0 Å². The van der Waals surface area contributed by atoms with E-state index in [2.05, 4.69) is 15.6 Å². The summed E-state index contributed by atoms with van der Waals surface area (Å²) < 4.78 is 0. The second-order valence-electron chi connectivity index (χ2n) is 4.33. The third-order valence-corrected chi connectivity index (χ3v) is 3.17. The van der Waals surface area contributed by atoms with Gasteiger partial charge in [0.1, 0.15) is 5.15 Å². The molecule has 2 heterocycles. The Morgan fingerprint density at radius 2 is 2.44 bits per heavy atom. The first kappa shape index (κ1) is 11.8. The summed E-state index contributed by atoms with van der Waals surface area (Å²) in [6, 6.07) is 3.85. The molecule has 1 atom stereocenters. The minimum Gasteiger partial charge on any atom is -0.316 e. The molecule has 2 N–H and O–H groups in total. The highest BCUT2D eigenvalue weighted by Gasteiger charge is 2.11. The Bertz CT molecular complexity index is 307. The molecular formula is C12H18ClN3. The first-order valence-corrected chi connectivity index (χ1v) is 6.24. The molecular weight excluding hydrogens is 222 g/mol.